The summed E-state index contributed by atoms with van der Waals surface area (Å²) in [5.74, 6) is -1.17. The van der Waals surface area contributed by atoms with E-state index in [2.05, 4.69) is 15.6 Å². The number of guanidine groups is 1. The molecule has 2 aromatic carbocycles. The van der Waals surface area contributed by atoms with Crippen LogP contribution in [-0.2, 0) is 17.8 Å². The number of benzene rings is 2. The highest BCUT2D eigenvalue weighted by Crippen LogP contribution is 2.07. The number of nitrogens with zero attached hydrogens (tertiary/aromatic N) is 1. The number of carboxylic acids is 1. The van der Waals surface area contributed by atoms with Crippen LogP contribution in [0.25, 0.3) is 0 Å². The Bertz CT molecular complexity index is 773. The zero-order valence-electron chi connectivity index (χ0n) is 14.5. The minimum Gasteiger partial charge on any atom is -0.480 e. The summed E-state index contributed by atoms with van der Waals surface area (Å²) in [6.45, 7) is 0.483. The Morgan fingerprint density at radius 2 is 1.73 bits per heavy atom. The fourth-order valence-electron chi connectivity index (χ4n) is 2.34. The molecule has 0 saturated carbocycles. The van der Waals surface area contributed by atoms with E-state index in [4.69, 9.17) is 5.73 Å². The van der Waals surface area contributed by atoms with Crippen molar-refractivity contribution in [2.45, 2.75) is 19.0 Å². The quantitative estimate of drug-likeness (QED) is 0.439. The molecule has 0 saturated heterocycles. The third-order valence-electron chi connectivity index (χ3n) is 3.82. The second-order valence-electron chi connectivity index (χ2n) is 5.71. The molecule has 0 radical (unpaired) electrons. The summed E-state index contributed by atoms with van der Waals surface area (Å²) in [4.78, 5) is 27.6. The van der Waals surface area contributed by atoms with Gasteiger partial charge in [0.05, 0.1) is 0 Å². The first-order valence-corrected chi connectivity index (χ1v) is 8.12. The largest absolute Gasteiger partial charge is 0.480 e. The summed E-state index contributed by atoms with van der Waals surface area (Å²) in [7, 11) is 1.59. The van der Waals surface area contributed by atoms with E-state index < -0.39 is 17.9 Å². The fourth-order valence-corrected chi connectivity index (χ4v) is 2.34. The van der Waals surface area contributed by atoms with Gasteiger partial charge in [0, 0.05) is 25.6 Å². The van der Waals surface area contributed by atoms with E-state index in [1.165, 1.54) is 0 Å². The number of nitrogens with one attached hydrogen (secondary N) is 2. The van der Waals surface area contributed by atoms with Gasteiger partial charge in [-0.05, 0) is 23.3 Å². The molecule has 0 aliphatic heterocycles. The SMILES string of the molecule is CN=C(N)NCc1ccc(C(=O)NC(Cc2ccccc2)C(=O)O)cc1. The summed E-state index contributed by atoms with van der Waals surface area (Å²) >= 11 is 0. The molecule has 0 aliphatic carbocycles. The Morgan fingerprint density at radius 3 is 2.31 bits per heavy atom. The number of aliphatic carboxylic acids is 1. The molecular formula is C19H22N4O3. The Morgan fingerprint density at radius 1 is 1.08 bits per heavy atom. The van der Waals surface area contributed by atoms with Crippen LogP contribution in [0.4, 0.5) is 0 Å². The van der Waals surface area contributed by atoms with E-state index in [-0.39, 0.29) is 6.42 Å². The van der Waals surface area contributed by atoms with Crippen molar-refractivity contribution in [3.8, 4) is 0 Å². The molecule has 0 aliphatic rings. The normalized spacial score (nSPS) is 12.3. The van der Waals surface area contributed by atoms with Gasteiger partial charge in [0.25, 0.3) is 5.91 Å². The van der Waals surface area contributed by atoms with E-state index in [1.54, 1.807) is 31.3 Å². The predicted octanol–water partition coefficient (Wildman–Crippen LogP) is 1.15. The fraction of sp³-hybridized carbons (Fsp3) is 0.211. The monoisotopic (exact) mass is 354 g/mol. The molecule has 0 spiro atoms. The van der Waals surface area contributed by atoms with Gasteiger partial charge >= 0.3 is 5.97 Å². The first kappa shape index (κ1) is 19.0. The van der Waals surface area contributed by atoms with Crippen molar-refractivity contribution in [2.75, 3.05) is 7.05 Å². The van der Waals surface area contributed by atoms with Gasteiger partial charge in [0.1, 0.15) is 6.04 Å². The second kappa shape index (κ2) is 9.22. The van der Waals surface area contributed by atoms with E-state index in [9.17, 15) is 14.7 Å². The minimum atomic E-state index is -1.07. The summed E-state index contributed by atoms with van der Waals surface area (Å²) in [5.41, 5.74) is 7.73. The van der Waals surface area contributed by atoms with Crippen LogP contribution in [0.15, 0.2) is 59.6 Å². The van der Waals surface area contributed by atoms with Crippen molar-refractivity contribution in [1.82, 2.24) is 10.6 Å². The number of carboxylic acid groups (broad SMARTS) is 1. The predicted molar refractivity (Wildman–Crippen MR) is 99.9 cm³/mol. The summed E-state index contributed by atoms with van der Waals surface area (Å²) in [5, 5.41) is 14.9. The zero-order valence-corrected chi connectivity index (χ0v) is 14.5. The maximum atomic E-state index is 12.3. The maximum absolute atomic E-state index is 12.3. The van der Waals surface area contributed by atoms with Crippen LogP contribution in [0.1, 0.15) is 21.5 Å². The zero-order chi connectivity index (χ0) is 18.9. The average molecular weight is 354 g/mol. The van der Waals surface area contributed by atoms with E-state index in [1.807, 2.05) is 30.3 Å². The van der Waals surface area contributed by atoms with Gasteiger partial charge in [0.2, 0.25) is 0 Å². The number of hydrogen-bond acceptors (Lipinski definition) is 3. The van der Waals surface area contributed by atoms with E-state index >= 15 is 0 Å². The van der Waals surface area contributed by atoms with Crippen molar-refractivity contribution < 1.29 is 14.7 Å². The lowest BCUT2D eigenvalue weighted by molar-refractivity contribution is -0.139. The third-order valence-corrected chi connectivity index (χ3v) is 3.82. The maximum Gasteiger partial charge on any atom is 0.326 e. The van der Waals surface area contributed by atoms with Crippen molar-refractivity contribution in [3.63, 3.8) is 0 Å². The van der Waals surface area contributed by atoms with E-state index in [0.717, 1.165) is 11.1 Å². The molecule has 0 fully saturated rings. The number of carbonyl (C=O) groups is 2. The van der Waals surface area contributed by atoms with Crippen molar-refractivity contribution in [1.29, 1.82) is 0 Å². The molecule has 2 aromatic rings. The van der Waals surface area contributed by atoms with Gasteiger partial charge in [-0.15, -0.1) is 0 Å². The lowest BCUT2D eigenvalue weighted by atomic mass is 10.1. The topological polar surface area (TPSA) is 117 Å². The number of rotatable bonds is 7. The van der Waals surface area contributed by atoms with Gasteiger partial charge in [-0.2, -0.15) is 0 Å². The highest BCUT2D eigenvalue weighted by molar-refractivity contribution is 5.96. The van der Waals surface area contributed by atoms with Gasteiger partial charge in [0.15, 0.2) is 5.96 Å². The average Bonchev–Trinajstić information content (AvgIpc) is 2.66. The van der Waals surface area contributed by atoms with Crippen molar-refractivity contribution in [3.05, 3.63) is 71.3 Å². The van der Waals surface area contributed by atoms with Crippen LogP contribution < -0.4 is 16.4 Å². The summed E-state index contributed by atoms with van der Waals surface area (Å²) in [6.07, 6.45) is 0.222. The molecule has 2 rings (SSSR count). The molecular weight excluding hydrogens is 332 g/mol. The van der Waals surface area contributed by atoms with Crippen LogP contribution in [0.2, 0.25) is 0 Å². The first-order valence-electron chi connectivity index (χ1n) is 8.12. The Kier molecular flexibility index (Phi) is 6.73. The number of carbonyl (C=O) groups excluding carboxylic acids is 1. The molecule has 1 unspecified atom stereocenters. The molecule has 7 nitrogen and oxygen atoms in total. The molecule has 0 aromatic heterocycles. The summed E-state index contributed by atoms with van der Waals surface area (Å²) < 4.78 is 0. The molecule has 1 atom stereocenters. The number of aliphatic imine (C=N–C) groups is 1. The van der Waals surface area contributed by atoms with Crippen LogP contribution in [0.5, 0.6) is 0 Å². The number of hydrogen-bond donors (Lipinski definition) is 4. The smallest absolute Gasteiger partial charge is 0.326 e. The second-order valence-corrected chi connectivity index (χ2v) is 5.71. The highest BCUT2D eigenvalue weighted by Gasteiger charge is 2.21. The third kappa shape index (κ3) is 5.62. The van der Waals surface area contributed by atoms with Crippen molar-refractivity contribution in [2.24, 2.45) is 10.7 Å². The summed E-state index contributed by atoms with van der Waals surface area (Å²) in [6, 6.07) is 15.0. The van der Waals surface area contributed by atoms with Crippen LogP contribution >= 0.6 is 0 Å². The molecule has 136 valence electrons. The first-order chi connectivity index (χ1) is 12.5. The van der Waals surface area contributed by atoms with Gasteiger partial charge in [-0.1, -0.05) is 42.5 Å². The van der Waals surface area contributed by atoms with Crippen LogP contribution in [-0.4, -0.2) is 36.0 Å². The van der Waals surface area contributed by atoms with Gasteiger partial charge in [-0.25, -0.2) is 4.79 Å². The Balaban J connectivity index is 1.99. The highest BCUT2D eigenvalue weighted by atomic mass is 16.4. The standard InChI is InChI=1S/C19H22N4O3/c1-21-19(20)22-12-14-7-9-15(10-8-14)17(24)23-16(18(25)26)11-13-5-3-2-4-6-13/h2-10,16H,11-12H2,1H3,(H,23,24)(H,25,26)(H3,20,21,22). The Labute approximate surface area is 151 Å². The number of nitrogens with two attached hydrogens (primary N) is 1. The molecule has 26 heavy (non-hydrogen) atoms. The molecule has 0 bridgehead atoms. The Hall–Kier alpha value is -3.35. The lowest BCUT2D eigenvalue weighted by Gasteiger charge is -2.15. The van der Waals surface area contributed by atoms with Gasteiger partial charge < -0.3 is 21.5 Å². The molecule has 7 heteroatoms. The molecule has 0 heterocycles. The molecule has 5 N–H and O–H groups in total. The number of amides is 1. The minimum absolute atomic E-state index is 0.222. The van der Waals surface area contributed by atoms with Crippen LogP contribution in [0, 0.1) is 0 Å². The van der Waals surface area contributed by atoms with E-state index in [0.29, 0.717) is 18.1 Å². The molecule has 1 amide bonds. The van der Waals surface area contributed by atoms with Gasteiger partial charge in [-0.3, -0.25) is 9.79 Å². The van der Waals surface area contributed by atoms with Crippen molar-refractivity contribution >= 4 is 17.8 Å². The van der Waals surface area contributed by atoms with Crippen LogP contribution in [0.3, 0.4) is 0 Å². The lowest BCUT2D eigenvalue weighted by Crippen LogP contribution is -2.42.